The van der Waals surface area contributed by atoms with E-state index in [1.165, 1.54) is 0 Å². The molecule has 1 fully saturated rings. The first-order valence-electron chi connectivity index (χ1n) is 7.98. The zero-order chi connectivity index (χ0) is 16.5. The number of carbonyl (C=O) groups excluding carboxylic acids is 2. The first-order valence-corrected chi connectivity index (χ1v) is 8.97. The first kappa shape index (κ1) is 15.2. The topological polar surface area (TPSA) is 61.8 Å². The maximum Gasteiger partial charge on any atom is 0.231 e. The van der Waals surface area contributed by atoms with Gasteiger partial charge in [-0.3, -0.25) is 14.6 Å². The summed E-state index contributed by atoms with van der Waals surface area (Å²) in [4.78, 5) is 30.8. The van der Waals surface area contributed by atoms with Gasteiger partial charge in [0.2, 0.25) is 11.8 Å². The Morgan fingerprint density at radius 1 is 1.21 bits per heavy atom. The fraction of sp³-hybridized carbons (Fsp3) is 0.278. The van der Waals surface area contributed by atoms with E-state index < -0.39 is 0 Å². The molecule has 0 aromatic heterocycles. The summed E-state index contributed by atoms with van der Waals surface area (Å²) in [5.41, 5.74) is 0.876. The highest BCUT2D eigenvalue weighted by Crippen LogP contribution is 2.31. The maximum absolute atomic E-state index is 12.5. The van der Waals surface area contributed by atoms with Crippen LogP contribution in [0.5, 0.6) is 0 Å². The summed E-state index contributed by atoms with van der Waals surface area (Å²) in [6.07, 6.45) is 0.243. The lowest BCUT2D eigenvalue weighted by atomic mass is 10.1. The molecule has 2 amide bonds. The molecule has 0 radical (unpaired) electrons. The number of nitrogens with zero attached hydrogens (tertiary/aromatic N) is 2. The van der Waals surface area contributed by atoms with E-state index >= 15 is 0 Å². The number of benzene rings is 2. The third kappa shape index (κ3) is 2.78. The number of fused-ring (bicyclic) bond motifs is 1. The fourth-order valence-electron chi connectivity index (χ4n) is 3.18. The van der Waals surface area contributed by atoms with E-state index in [-0.39, 0.29) is 24.2 Å². The summed E-state index contributed by atoms with van der Waals surface area (Å²) in [5.74, 6) is 0.452. The number of thioether (sulfide) groups is 1. The summed E-state index contributed by atoms with van der Waals surface area (Å²) in [6, 6.07) is 13.9. The highest BCUT2D eigenvalue weighted by Gasteiger charge is 2.36. The second-order valence-corrected chi connectivity index (χ2v) is 7.01. The summed E-state index contributed by atoms with van der Waals surface area (Å²) < 4.78 is 0. The maximum atomic E-state index is 12.5. The van der Waals surface area contributed by atoms with E-state index in [1.54, 1.807) is 16.7 Å². The van der Waals surface area contributed by atoms with Crippen molar-refractivity contribution in [3.8, 4) is 0 Å². The van der Waals surface area contributed by atoms with Gasteiger partial charge in [-0.1, -0.05) is 48.2 Å². The minimum absolute atomic E-state index is 0.00693. The number of amidine groups is 1. The van der Waals surface area contributed by atoms with Gasteiger partial charge in [0.25, 0.3) is 0 Å². The number of nitrogens with one attached hydrogen (secondary N) is 1. The SMILES string of the molecule is O=C(NC1=NCCS1)C1CC(=O)N(c2cccc3ccccc23)C1. The number of anilines is 1. The van der Waals surface area contributed by atoms with Crippen molar-refractivity contribution in [3.63, 3.8) is 0 Å². The first-order chi connectivity index (χ1) is 11.7. The number of carbonyl (C=O) groups is 2. The molecule has 1 atom stereocenters. The smallest absolute Gasteiger partial charge is 0.231 e. The second kappa shape index (κ2) is 6.28. The van der Waals surface area contributed by atoms with Gasteiger partial charge in [-0.15, -0.1) is 0 Å². The average molecular weight is 339 g/mol. The summed E-state index contributed by atoms with van der Waals surface area (Å²) in [5, 5.41) is 5.65. The Morgan fingerprint density at radius 2 is 2.04 bits per heavy atom. The van der Waals surface area contributed by atoms with Crippen LogP contribution in [0.3, 0.4) is 0 Å². The molecular weight excluding hydrogens is 322 g/mol. The molecule has 6 heteroatoms. The van der Waals surface area contributed by atoms with Crippen LogP contribution in [0.4, 0.5) is 5.69 Å². The molecule has 2 heterocycles. The molecule has 1 unspecified atom stereocenters. The molecule has 1 saturated heterocycles. The predicted molar refractivity (Wildman–Crippen MR) is 97.3 cm³/mol. The van der Waals surface area contributed by atoms with Crippen molar-refractivity contribution in [2.75, 3.05) is 23.7 Å². The average Bonchev–Trinajstić information content (AvgIpc) is 3.24. The van der Waals surface area contributed by atoms with Gasteiger partial charge in [-0.2, -0.15) is 0 Å². The predicted octanol–water partition coefficient (Wildman–Crippen LogP) is 2.41. The zero-order valence-electron chi connectivity index (χ0n) is 13.1. The number of aliphatic imine (C=N–C) groups is 1. The standard InChI is InChI=1S/C18H17N3O2S/c22-16-10-13(17(23)20-18-19-8-9-24-18)11-21(16)15-7-3-5-12-4-1-2-6-14(12)15/h1-7,13H,8-11H2,(H,19,20,23). The minimum atomic E-state index is -0.333. The zero-order valence-corrected chi connectivity index (χ0v) is 13.9. The van der Waals surface area contributed by atoms with Gasteiger partial charge < -0.3 is 10.2 Å². The summed E-state index contributed by atoms with van der Waals surface area (Å²) in [6.45, 7) is 1.16. The Balaban J connectivity index is 1.56. The number of hydrogen-bond acceptors (Lipinski definition) is 4. The van der Waals surface area contributed by atoms with Gasteiger partial charge in [0.1, 0.15) is 0 Å². The lowest BCUT2D eigenvalue weighted by Gasteiger charge is -2.19. The van der Waals surface area contributed by atoms with Gasteiger partial charge in [-0.05, 0) is 11.5 Å². The van der Waals surface area contributed by atoms with Crippen molar-refractivity contribution < 1.29 is 9.59 Å². The van der Waals surface area contributed by atoms with Gasteiger partial charge in [0, 0.05) is 24.1 Å². The Hall–Kier alpha value is -2.34. The minimum Gasteiger partial charge on any atom is -0.311 e. The molecular formula is C18H17N3O2S. The van der Waals surface area contributed by atoms with Gasteiger partial charge in [-0.25, -0.2) is 0 Å². The van der Waals surface area contributed by atoms with Gasteiger partial charge >= 0.3 is 0 Å². The van der Waals surface area contributed by atoms with Crippen molar-refractivity contribution in [3.05, 3.63) is 42.5 Å². The highest BCUT2D eigenvalue weighted by atomic mass is 32.2. The van der Waals surface area contributed by atoms with Crippen LogP contribution in [-0.2, 0) is 9.59 Å². The van der Waals surface area contributed by atoms with Crippen LogP contribution in [0, 0.1) is 5.92 Å². The third-order valence-electron chi connectivity index (χ3n) is 4.37. The van der Waals surface area contributed by atoms with Crippen molar-refractivity contribution in [2.24, 2.45) is 10.9 Å². The molecule has 2 aliphatic heterocycles. The second-order valence-electron chi connectivity index (χ2n) is 5.93. The van der Waals surface area contributed by atoms with E-state index in [1.807, 2.05) is 42.5 Å². The monoisotopic (exact) mass is 339 g/mol. The van der Waals surface area contributed by atoms with E-state index in [0.717, 1.165) is 28.8 Å². The van der Waals surface area contributed by atoms with Gasteiger partial charge in [0.15, 0.2) is 5.17 Å². The van der Waals surface area contributed by atoms with Crippen molar-refractivity contribution in [2.45, 2.75) is 6.42 Å². The van der Waals surface area contributed by atoms with Crippen LogP contribution in [0.2, 0.25) is 0 Å². The third-order valence-corrected chi connectivity index (χ3v) is 5.26. The van der Waals surface area contributed by atoms with Crippen LogP contribution in [0.15, 0.2) is 47.5 Å². The van der Waals surface area contributed by atoms with Crippen molar-refractivity contribution in [1.82, 2.24) is 5.32 Å². The number of rotatable bonds is 2. The number of amides is 2. The van der Waals surface area contributed by atoms with E-state index in [4.69, 9.17) is 0 Å². The van der Waals surface area contributed by atoms with Gasteiger partial charge in [0.05, 0.1) is 18.2 Å². The summed E-state index contributed by atoms with van der Waals surface area (Å²) >= 11 is 1.55. The van der Waals surface area contributed by atoms with E-state index in [9.17, 15) is 9.59 Å². The van der Waals surface area contributed by atoms with Crippen LogP contribution in [-0.4, -0.2) is 35.8 Å². The Morgan fingerprint density at radius 3 is 2.88 bits per heavy atom. The highest BCUT2D eigenvalue weighted by molar-refractivity contribution is 8.14. The molecule has 0 aliphatic carbocycles. The normalized spacial score (nSPS) is 20.5. The van der Waals surface area contributed by atoms with Crippen molar-refractivity contribution >= 4 is 45.2 Å². The molecule has 4 rings (SSSR count). The molecule has 0 bridgehead atoms. The molecule has 122 valence electrons. The lowest BCUT2D eigenvalue weighted by Crippen LogP contribution is -2.35. The Bertz CT molecular complexity index is 844. The molecule has 0 saturated carbocycles. The Labute approximate surface area is 144 Å². The van der Waals surface area contributed by atoms with Crippen LogP contribution < -0.4 is 10.2 Å². The quantitative estimate of drug-likeness (QED) is 0.914. The molecule has 24 heavy (non-hydrogen) atoms. The van der Waals surface area contributed by atoms with E-state index in [2.05, 4.69) is 10.3 Å². The van der Waals surface area contributed by atoms with Crippen LogP contribution in [0.25, 0.3) is 10.8 Å². The Kier molecular flexibility index (Phi) is 3.98. The molecule has 1 N–H and O–H groups in total. The summed E-state index contributed by atoms with van der Waals surface area (Å²) in [7, 11) is 0. The molecule has 0 spiro atoms. The van der Waals surface area contributed by atoms with Crippen LogP contribution >= 0.6 is 11.8 Å². The molecule has 2 aromatic rings. The molecule has 2 aromatic carbocycles. The largest absolute Gasteiger partial charge is 0.311 e. The lowest BCUT2D eigenvalue weighted by molar-refractivity contribution is -0.125. The molecule has 2 aliphatic rings. The fourth-order valence-corrected chi connectivity index (χ4v) is 3.91. The van der Waals surface area contributed by atoms with E-state index in [0.29, 0.717) is 11.7 Å². The van der Waals surface area contributed by atoms with Crippen LogP contribution in [0.1, 0.15) is 6.42 Å². The molecule has 5 nitrogen and oxygen atoms in total. The number of hydrogen-bond donors (Lipinski definition) is 1. The van der Waals surface area contributed by atoms with Crippen molar-refractivity contribution in [1.29, 1.82) is 0 Å².